The van der Waals surface area contributed by atoms with Gasteiger partial charge in [0, 0.05) is 56.7 Å². The first-order valence-corrected chi connectivity index (χ1v) is 9.41. The maximum Gasteiger partial charge on any atom is 0.120 e. The number of halogens is 1. The average molecular weight is 413 g/mol. The van der Waals surface area contributed by atoms with E-state index < -0.39 is 0 Å². The summed E-state index contributed by atoms with van der Waals surface area (Å²) in [6, 6.07) is 9.76. The van der Waals surface area contributed by atoms with Crippen LogP contribution in [0.25, 0.3) is 21.8 Å². The Morgan fingerprint density at radius 1 is 1.04 bits per heavy atom. The summed E-state index contributed by atoms with van der Waals surface area (Å²) in [5, 5.41) is 12.9. The van der Waals surface area contributed by atoms with E-state index in [1.807, 2.05) is 30.6 Å². The largest absolute Gasteiger partial charge is 0.508 e. The lowest BCUT2D eigenvalue weighted by Crippen LogP contribution is -2.14. The zero-order valence-corrected chi connectivity index (χ0v) is 15.8. The molecule has 4 aromatic rings. The van der Waals surface area contributed by atoms with Crippen LogP contribution >= 0.6 is 15.9 Å². The third-order valence-corrected chi connectivity index (χ3v) is 5.49. The first kappa shape index (κ1) is 17.1. The van der Waals surface area contributed by atoms with Crippen molar-refractivity contribution in [3.05, 3.63) is 63.9 Å². The van der Waals surface area contributed by atoms with Crippen molar-refractivity contribution < 1.29 is 5.11 Å². The standard InChI is InChI=1S/C20H21BrN4O/c21-12-1-2-13-15(10-25-17(13)7-12)14(8-23)20-18(26)4-3-16-19(20)11(5-6-22)9-24-16/h1-4,7,9-10,14,24-26H,5-6,8,22-23H2/t14-/m0/s1. The highest BCUT2D eigenvalue weighted by molar-refractivity contribution is 9.10. The number of rotatable bonds is 5. The molecule has 0 spiro atoms. The molecule has 5 nitrogen and oxygen atoms in total. The van der Waals surface area contributed by atoms with Gasteiger partial charge in [-0.05, 0) is 48.4 Å². The minimum absolute atomic E-state index is 0.124. The van der Waals surface area contributed by atoms with Crippen LogP contribution < -0.4 is 11.5 Å². The number of benzene rings is 2. The summed E-state index contributed by atoms with van der Waals surface area (Å²) in [5.41, 5.74) is 17.1. The van der Waals surface area contributed by atoms with Crippen LogP contribution in [0.2, 0.25) is 0 Å². The van der Waals surface area contributed by atoms with Gasteiger partial charge in [0.05, 0.1) is 0 Å². The number of fused-ring (bicyclic) bond motifs is 2. The monoisotopic (exact) mass is 412 g/mol. The normalized spacial score (nSPS) is 12.9. The maximum absolute atomic E-state index is 10.7. The van der Waals surface area contributed by atoms with Crippen LogP contribution in [0.5, 0.6) is 5.75 Å². The summed E-state index contributed by atoms with van der Waals surface area (Å²) >= 11 is 3.51. The van der Waals surface area contributed by atoms with Crippen molar-refractivity contribution in [2.24, 2.45) is 11.5 Å². The van der Waals surface area contributed by atoms with E-state index in [9.17, 15) is 5.11 Å². The number of hydrogen-bond acceptors (Lipinski definition) is 3. The number of nitrogens with two attached hydrogens (primary N) is 2. The van der Waals surface area contributed by atoms with Gasteiger partial charge in [-0.15, -0.1) is 0 Å². The predicted molar refractivity (Wildman–Crippen MR) is 110 cm³/mol. The van der Waals surface area contributed by atoms with Gasteiger partial charge in [0.2, 0.25) is 0 Å². The Morgan fingerprint density at radius 2 is 1.85 bits per heavy atom. The van der Waals surface area contributed by atoms with E-state index in [2.05, 4.69) is 32.0 Å². The molecule has 0 saturated carbocycles. The molecule has 2 aromatic carbocycles. The second kappa shape index (κ2) is 6.79. The van der Waals surface area contributed by atoms with E-state index in [4.69, 9.17) is 11.5 Å². The van der Waals surface area contributed by atoms with Crippen molar-refractivity contribution in [2.45, 2.75) is 12.3 Å². The number of aromatic nitrogens is 2. The van der Waals surface area contributed by atoms with Crippen molar-refractivity contribution in [3.8, 4) is 5.75 Å². The molecule has 0 aliphatic heterocycles. The lowest BCUT2D eigenvalue weighted by Gasteiger charge is -2.19. The van der Waals surface area contributed by atoms with Gasteiger partial charge in [-0.3, -0.25) is 0 Å². The first-order chi connectivity index (χ1) is 12.6. The third-order valence-electron chi connectivity index (χ3n) is 4.99. The lowest BCUT2D eigenvalue weighted by atomic mass is 9.87. The van der Waals surface area contributed by atoms with Crippen LogP contribution in [0.3, 0.4) is 0 Å². The predicted octanol–water partition coefficient (Wildman–Crippen LogP) is 3.71. The molecule has 4 rings (SSSR count). The summed E-state index contributed by atoms with van der Waals surface area (Å²) in [7, 11) is 0. The van der Waals surface area contributed by atoms with Crippen LogP contribution in [0, 0.1) is 0 Å². The highest BCUT2D eigenvalue weighted by Crippen LogP contribution is 2.40. The topological polar surface area (TPSA) is 104 Å². The average Bonchev–Trinajstić information content (AvgIpc) is 3.22. The van der Waals surface area contributed by atoms with Crippen LogP contribution in [0.1, 0.15) is 22.6 Å². The molecule has 2 heterocycles. The molecule has 0 fully saturated rings. The summed E-state index contributed by atoms with van der Waals surface area (Å²) < 4.78 is 1.02. The Morgan fingerprint density at radius 3 is 2.62 bits per heavy atom. The Kier molecular flexibility index (Phi) is 4.48. The maximum atomic E-state index is 10.7. The van der Waals surface area contributed by atoms with Crippen molar-refractivity contribution in [2.75, 3.05) is 13.1 Å². The fraction of sp³-hybridized carbons (Fsp3) is 0.200. The Hall–Kier alpha value is -2.28. The van der Waals surface area contributed by atoms with Gasteiger partial charge >= 0.3 is 0 Å². The second-order valence-corrected chi connectivity index (χ2v) is 7.41. The van der Waals surface area contributed by atoms with E-state index in [-0.39, 0.29) is 11.7 Å². The molecule has 0 unspecified atom stereocenters. The number of hydrogen-bond donors (Lipinski definition) is 5. The molecule has 6 heteroatoms. The molecule has 0 saturated heterocycles. The summed E-state index contributed by atoms with van der Waals surface area (Å²) in [4.78, 5) is 6.61. The SMILES string of the molecule is NCCc1c[nH]c2ccc(O)c([C@@H](CN)c3c[nH]c4cc(Br)ccc34)c12. The number of aromatic amines is 2. The minimum atomic E-state index is -0.124. The lowest BCUT2D eigenvalue weighted by molar-refractivity contribution is 0.466. The van der Waals surface area contributed by atoms with Crippen LogP contribution in [0.15, 0.2) is 47.2 Å². The van der Waals surface area contributed by atoms with Gasteiger partial charge in [0.25, 0.3) is 0 Å². The van der Waals surface area contributed by atoms with E-state index in [0.717, 1.165) is 49.4 Å². The van der Waals surface area contributed by atoms with Crippen LogP contribution in [-0.4, -0.2) is 28.2 Å². The molecule has 1 atom stereocenters. The fourth-order valence-electron chi connectivity index (χ4n) is 3.83. The van der Waals surface area contributed by atoms with Gasteiger partial charge in [0.1, 0.15) is 5.75 Å². The molecular weight excluding hydrogens is 392 g/mol. The zero-order chi connectivity index (χ0) is 18.3. The number of phenols is 1. The van der Waals surface area contributed by atoms with E-state index in [1.54, 1.807) is 6.07 Å². The van der Waals surface area contributed by atoms with E-state index >= 15 is 0 Å². The van der Waals surface area contributed by atoms with Crippen LogP contribution in [-0.2, 0) is 6.42 Å². The van der Waals surface area contributed by atoms with Gasteiger partial charge in [-0.1, -0.05) is 22.0 Å². The molecule has 134 valence electrons. The summed E-state index contributed by atoms with van der Waals surface area (Å²) in [6.07, 6.45) is 4.71. The fourth-order valence-corrected chi connectivity index (χ4v) is 4.19. The molecule has 2 aromatic heterocycles. The highest BCUT2D eigenvalue weighted by atomic mass is 79.9. The molecule has 0 radical (unpaired) electrons. The van der Waals surface area contributed by atoms with Crippen LogP contribution in [0.4, 0.5) is 0 Å². The molecule has 0 aliphatic rings. The quantitative estimate of drug-likeness (QED) is 0.345. The first-order valence-electron chi connectivity index (χ1n) is 8.62. The molecule has 0 bridgehead atoms. The van der Waals surface area contributed by atoms with Gasteiger partial charge in [-0.2, -0.15) is 0 Å². The number of nitrogens with one attached hydrogen (secondary N) is 2. The van der Waals surface area contributed by atoms with E-state index in [0.29, 0.717) is 13.1 Å². The van der Waals surface area contributed by atoms with Crippen molar-refractivity contribution in [1.29, 1.82) is 0 Å². The number of phenolic OH excluding ortho intramolecular Hbond substituents is 1. The molecule has 7 N–H and O–H groups in total. The third kappa shape index (κ3) is 2.70. The Bertz CT molecular complexity index is 1080. The van der Waals surface area contributed by atoms with Crippen molar-refractivity contribution in [1.82, 2.24) is 9.97 Å². The zero-order valence-electron chi connectivity index (χ0n) is 14.2. The molecular formula is C20H21BrN4O. The number of aromatic hydroxyl groups is 1. The van der Waals surface area contributed by atoms with Gasteiger partial charge < -0.3 is 26.5 Å². The second-order valence-electron chi connectivity index (χ2n) is 6.50. The van der Waals surface area contributed by atoms with Crippen molar-refractivity contribution >= 4 is 37.7 Å². The van der Waals surface area contributed by atoms with E-state index in [1.165, 1.54) is 0 Å². The molecule has 0 amide bonds. The Labute approximate surface area is 159 Å². The molecule has 0 aliphatic carbocycles. The number of H-pyrrole nitrogens is 2. The smallest absolute Gasteiger partial charge is 0.120 e. The van der Waals surface area contributed by atoms with Crippen molar-refractivity contribution in [3.63, 3.8) is 0 Å². The van der Waals surface area contributed by atoms with Gasteiger partial charge in [0.15, 0.2) is 0 Å². The summed E-state index contributed by atoms with van der Waals surface area (Å²) in [5.74, 6) is 0.137. The summed E-state index contributed by atoms with van der Waals surface area (Å²) in [6.45, 7) is 0.944. The minimum Gasteiger partial charge on any atom is -0.508 e. The molecule has 26 heavy (non-hydrogen) atoms. The Balaban J connectivity index is 1.96. The highest BCUT2D eigenvalue weighted by Gasteiger charge is 2.24. The van der Waals surface area contributed by atoms with Gasteiger partial charge in [-0.25, -0.2) is 0 Å².